The molecule has 0 unspecified atom stereocenters. The number of carboxylic acids is 4. The van der Waals surface area contributed by atoms with Crippen LogP contribution in [0, 0.1) is 0 Å². The molecule has 5 rings (SSSR count). The highest BCUT2D eigenvalue weighted by molar-refractivity contribution is 7.85. The highest BCUT2D eigenvalue weighted by atomic mass is 35.5. The van der Waals surface area contributed by atoms with Gasteiger partial charge in [-0.2, -0.15) is 33.6 Å². The number of nitrogens with zero attached hydrogens (tertiary/aromatic N) is 7. The van der Waals surface area contributed by atoms with Gasteiger partial charge in [-0.15, -0.1) is 10.2 Å². The zero-order chi connectivity index (χ0) is 45.3. The summed E-state index contributed by atoms with van der Waals surface area (Å²) >= 11 is 13.0. The fraction of sp³-hybridized carbons (Fsp3) is 0.139. The van der Waals surface area contributed by atoms with Crippen molar-refractivity contribution in [3.8, 4) is 11.5 Å². The fourth-order valence-electron chi connectivity index (χ4n) is 5.01. The molecule has 0 aliphatic carbocycles. The predicted octanol–water partition coefficient (Wildman–Crippen LogP) is 8.08. The number of hydrogen-bond acceptors (Lipinski definition) is 18. The minimum Gasteiger partial charge on any atom is -0.506 e. The molecule has 322 valence electrons. The maximum absolute atomic E-state index is 11.6. The monoisotopic (exact) mass is 912 g/mol. The van der Waals surface area contributed by atoms with Crippen molar-refractivity contribution in [2.45, 2.75) is 13.3 Å². The zero-order valence-corrected chi connectivity index (χ0v) is 33.8. The van der Waals surface area contributed by atoms with Gasteiger partial charge in [0.25, 0.3) is 10.1 Å². The second kappa shape index (κ2) is 19.7. The number of carboxylic acid groups (broad SMARTS) is 4. The molecule has 23 nitrogen and oxygen atoms in total. The molecule has 0 spiro atoms. The SMILES string of the molecule is CCNc1nc(Nc2cc(Cl)c(N=Nc3cc(C(=O)O)cc(C(=O)O)c3)cc2O)nc(Nc2cc(Cl)c(N=Nc3cc(C(=O)O)cc(C(=O)O)c3)cc2OCCCS(=O)(=O)O)n1. The van der Waals surface area contributed by atoms with Crippen molar-refractivity contribution in [2.24, 2.45) is 20.5 Å². The number of aromatic carboxylic acids is 4. The van der Waals surface area contributed by atoms with Crippen molar-refractivity contribution in [2.75, 3.05) is 34.9 Å². The van der Waals surface area contributed by atoms with Gasteiger partial charge in [0.15, 0.2) is 0 Å². The van der Waals surface area contributed by atoms with E-state index in [1.54, 1.807) is 6.92 Å². The van der Waals surface area contributed by atoms with Crippen LogP contribution in [0.15, 0.2) is 81.1 Å². The molecular formula is C36H30Cl2N10O13S. The van der Waals surface area contributed by atoms with Gasteiger partial charge in [-0.1, -0.05) is 23.2 Å². The minimum absolute atomic E-state index is 0.0211. The topological polar surface area (TPSA) is 357 Å². The number of benzene rings is 4. The summed E-state index contributed by atoms with van der Waals surface area (Å²) in [6.45, 7) is 1.85. The van der Waals surface area contributed by atoms with Crippen LogP contribution >= 0.6 is 23.2 Å². The second-order valence-electron chi connectivity index (χ2n) is 12.4. The molecule has 0 fully saturated rings. The van der Waals surface area contributed by atoms with Crippen LogP contribution in [0.1, 0.15) is 54.8 Å². The Morgan fingerprint density at radius 3 is 1.53 bits per heavy atom. The number of phenols is 1. The first-order valence-corrected chi connectivity index (χ1v) is 19.7. The molecule has 0 amide bonds. The molecule has 62 heavy (non-hydrogen) atoms. The number of aromatic hydroxyl groups is 1. The number of nitrogens with one attached hydrogen (secondary N) is 3. The van der Waals surface area contributed by atoms with Crippen molar-refractivity contribution in [3.63, 3.8) is 0 Å². The number of rotatable bonds is 19. The van der Waals surface area contributed by atoms with Crippen LogP contribution in [0.3, 0.4) is 0 Å². The third-order valence-corrected chi connectivity index (χ3v) is 9.16. The van der Waals surface area contributed by atoms with E-state index in [2.05, 4.69) is 51.4 Å². The van der Waals surface area contributed by atoms with Crippen molar-refractivity contribution < 1.29 is 62.4 Å². The maximum atomic E-state index is 11.6. The van der Waals surface area contributed by atoms with Crippen LogP contribution in [0.5, 0.6) is 11.5 Å². The maximum Gasteiger partial charge on any atom is 0.335 e. The van der Waals surface area contributed by atoms with Crippen LogP contribution < -0.4 is 20.7 Å². The molecule has 0 aliphatic heterocycles. The summed E-state index contributed by atoms with van der Waals surface area (Å²) in [6.07, 6.45) is -0.155. The second-order valence-corrected chi connectivity index (χ2v) is 14.7. The lowest BCUT2D eigenvalue weighted by molar-refractivity contribution is 0.0676. The molecule has 0 saturated heterocycles. The van der Waals surface area contributed by atoms with E-state index in [0.717, 1.165) is 42.5 Å². The van der Waals surface area contributed by atoms with Crippen molar-refractivity contribution in [3.05, 3.63) is 93.0 Å². The Bertz CT molecular complexity index is 2710. The van der Waals surface area contributed by atoms with Crippen LogP contribution in [0.2, 0.25) is 10.0 Å². The van der Waals surface area contributed by atoms with Gasteiger partial charge in [0.2, 0.25) is 17.8 Å². The third-order valence-electron chi connectivity index (χ3n) is 7.75. The summed E-state index contributed by atoms with van der Waals surface area (Å²) in [6, 6.07) is 11.2. The quantitative estimate of drug-likeness (QED) is 0.0163. The standard InChI is InChI=1S/C36H30Cl2N10O13S/c1-2-39-34-42-35(40-26-12-22(37)24(14-28(26)49)47-45-20-8-16(30(50)51)6-17(9-20)31(52)53)44-36(43-34)41-27-13-23(38)25(15-29(27)61-4-3-5-62(58,59)60)48-46-21-10-18(32(54)55)7-19(11-21)33(56)57/h6-15,49H,2-5H2,1H3,(H,50,51)(H,52,53)(H,54,55)(H,56,57)(H,58,59,60)(H3,39,40,41,42,43,44). The zero-order valence-electron chi connectivity index (χ0n) is 31.4. The number of azo groups is 2. The van der Waals surface area contributed by atoms with Gasteiger partial charge in [0, 0.05) is 18.7 Å². The van der Waals surface area contributed by atoms with Gasteiger partial charge in [-0.3, -0.25) is 4.55 Å². The molecule has 9 N–H and O–H groups in total. The van der Waals surface area contributed by atoms with Gasteiger partial charge in [-0.25, -0.2) is 19.2 Å². The van der Waals surface area contributed by atoms with Gasteiger partial charge in [0.1, 0.15) is 22.9 Å². The number of halogens is 2. The summed E-state index contributed by atoms with van der Waals surface area (Å²) in [5.41, 5.74) is -1.76. The Morgan fingerprint density at radius 2 is 1.08 bits per heavy atom. The first kappa shape index (κ1) is 45.5. The van der Waals surface area contributed by atoms with Crippen LogP contribution in [0.4, 0.5) is 52.0 Å². The molecule has 26 heteroatoms. The Kier molecular flexibility index (Phi) is 14.5. The van der Waals surface area contributed by atoms with Crippen LogP contribution in [-0.2, 0) is 10.1 Å². The normalized spacial score (nSPS) is 11.4. The van der Waals surface area contributed by atoms with Gasteiger partial charge < -0.3 is 46.2 Å². The van der Waals surface area contributed by atoms with E-state index in [-0.39, 0.29) is 103 Å². The molecule has 1 heterocycles. The predicted molar refractivity (Wildman–Crippen MR) is 221 cm³/mol. The first-order chi connectivity index (χ1) is 29.3. The van der Waals surface area contributed by atoms with Crippen LogP contribution in [-0.4, -0.2) is 96.2 Å². The number of aromatic nitrogens is 3. The number of carbonyl (C=O) groups is 4. The highest BCUT2D eigenvalue weighted by Gasteiger charge is 2.18. The van der Waals surface area contributed by atoms with Crippen molar-refractivity contribution >= 4 is 109 Å². The largest absolute Gasteiger partial charge is 0.506 e. The van der Waals surface area contributed by atoms with Crippen molar-refractivity contribution in [1.82, 2.24) is 15.0 Å². The molecule has 0 aliphatic rings. The average molecular weight is 914 g/mol. The summed E-state index contributed by atoms with van der Waals surface area (Å²) in [5.74, 6) is -6.95. The lowest BCUT2D eigenvalue weighted by atomic mass is 10.1. The first-order valence-electron chi connectivity index (χ1n) is 17.3. The lowest BCUT2D eigenvalue weighted by Crippen LogP contribution is -2.11. The van der Waals surface area contributed by atoms with Gasteiger partial charge in [-0.05, 0) is 61.9 Å². The highest BCUT2D eigenvalue weighted by Crippen LogP contribution is 2.40. The van der Waals surface area contributed by atoms with E-state index < -0.39 is 45.5 Å². The summed E-state index contributed by atoms with van der Waals surface area (Å²) in [4.78, 5) is 59.0. The molecule has 0 atom stereocenters. The molecule has 0 bridgehead atoms. The molecule has 0 saturated carbocycles. The fourth-order valence-corrected chi connectivity index (χ4v) is 5.89. The molecule has 5 aromatic rings. The minimum atomic E-state index is -4.33. The van der Waals surface area contributed by atoms with E-state index in [0.29, 0.717) is 6.54 Å². The summed E-state index contributed by atoms with van der Waals surface area (Å²) < 4.78 is 37.6. The van der Waals surface area contributed by atoms with E-state index in [9.17, 15) is 57.7 Å². The van der Waals surface area contributed by atoms with E-state index >= 15 is 0 Å². The molecule has 1 aromatic heterocycles. The molecular weight excluding hydrogens is 883 g/mol. The van der Waals surface area contributed by atoms with Crippen molar-refractivity contribution in [1.29, 1.82) is 0 Å². The Balaban J connectivity index is 1.46. The summed E-state index contributed by atoms with van der Waals surface area (Å²) in [5, 5.41) is 72.7. The smallest absolute Gasteiger partial charge is 0.335 e. The van der Waals surface area contributed by atoms with Gasteiger partial charge >= 0.3 is 23.9 Å². The molecule has 4 aromatic carbocycles. The summed E-state index contributed by atoms with van der Waals surface area (Å²) in [7, 11) is -4.33. The van der Waals surface area contributed by atoms with Gasteiger partial charge in [0.05, 0.1) is 67.4 Å². The Morgan fingerprint density at radius 1 is 0.645 bits per heavy atom. The van der Waals surface area contributed by atoms with E-state index in [1.165, 1.54) is 18.2 Å². The van der Waals surface area contributed by atoms with E-state index in [1.807, 2.05) is 0 Å². The average Bonchev–Trinajstić information content (AvgIpc) is 3.19. The Hall–Kier alpha value is -7.54. The lowest BCUT2D eigenvalue weighted by Gasteiger charge is -2.15. The Labute approximate surface area is 358 Å². The number of hydrogen-bond donors (Lipinski definition) is 9. The number of phenolic OH excluding ortho intramolecular Hbond substituents is 1. The third kappa shape index (κ3) is 12.5. The molecule has 0 radical (unpaired) electrons. The van der Waals surface area contributed by atoms with E-state index in [4.69, 9.17) is 27.9 Å². The number of anilines is 5. The van der Waals surface area contributed by atoms with Crippen LogP contribution in [0.25, 0.3) is 0 Å². The number of ether oxygens (including phenoxy) is 1.